The molecule has 10 nitrogen and oxygen atoms in total. The monoisotopic (exact) mass is 529 g/mol. The van der Waals surface area contributed by atoms with Crippen LogP contribution in [0.2, 0.25) is 0 Å². The number of fused-ring (bicyclic) bond motifs is 1. The van der Waals surface area contributed by atoms with Crippen LogP contribution >= 0.6 is 0 Å². The van der Waals surface area contributed by atoms with Crippen LogP contribution in [0.25, 0.3) is 16.6 Å². The van der Waals surface area contributed by atoms with Crippen LogP contribution in [0.3, 0.4) is 0 Å². The van der Waals surface area contributed by atoms with E-state index in [-0.39, 0.29) is 11.9 Å². The van der Waals surface area contributed by atoms with Crippen molar-refractivity contribution in [2.45, 2.75) is 19.1 Å². The molecular formula is C25H26F3N7O3. The number of carboxylic acid groups (broad SMARTS) is 1. The number of aromatic nitrogens is 5. The molecule has 13 heteroatoms. The first-order valence-electron chi connectivity index (χ1n) is 11.7. The van der Waals surface area contributed by atoms with E-state index in [0.29, 0.717) is 18.8 Å². The van der Waals surface area contributed by atoms with Crippen molar-refractivity contribution in [3.63, 3.8) is 0 Å². The van der Waals surface area contributed by atoms with E-state index in [1.54, 1.807) is 24.0 Å². The standard InChI is InChI=1S/C23H25N7O.C2HF3O2/c1-16-4-6-17(7-5-16)18-8-9-19-22(25-26-30(19)14-18)21-15-29(13-12-27(21)2)23(31)20-10-11-24-28(20)3;3-2(4,5)1(6)7/h4-11,14,21H,12-13,15H2,1-3H3;(H,6,7). The molecule has 1 N–H and O–H groups in total. The van der Waals surface area contributed by atoms with Crippen LogP contribution in [-0.4, -0.2) is 84.2 Å². The van der Waals surface area contributed by atoms with Gasteiger partial charge in [-0.1, -0.05) is 41.1 Å². The molecule has 1 unspecified atom stereocenters. The van der Waals surface area contributed by atoms with Gasteiger partial charge in [0.1, 0.15) is 11.4 Å². The summed E-state index contributed by atoms with van der Waals surface area (Å²) in [5, 5.41) is 20.1. The average molecular weight is 530 g/mol. The van der Waals surface area contributed by atoms with Gasteiger partial charge in [-0.25, -0.2) is 9.31 Å². The lowest BCUT2D eigenvalue weighted by Gasteiger charge is -2.38. The number of hydrogen-bond acceptors (Lipinski definition) is 6. The molecule has 1 amide bonds. The fourth-order valence-corrected chi connectivity index (χ4v) is 4.17. The molecule has 4 heterocycles. The Morgan fingerprint density at radius 1 is 1.00 bits per heavy atom. The van der Waals surface area contributed by atoms with E-state index in [1.165, 1.54) is 5.56 Å². The zero-order valence-electron chi connectivity index (χ0n) is 20.9. The highest BCUT2D eigenvalue weighted by Crippen LogP contribution is 2.28. The van der Waals surface area contributed by atoms with E-state index in [2.05, 4.69) is 70.7 Å². The number of nitrogens with zero attached hydrogens (tertiary/aromatic N) is 7. The molecule has 1 saturated heterocycles. The molecule has 5 rings (SSSR count). The van der Waals surface area contributed by atoms with Gasteiger partial charge in [-0.3, -0.25) is 14.4 Å². The third-order valence-corrected chi connectivity index (χ3v) is 6.36. The lowest BCUT2D eigenvalue weighted by Crippen LogP contribution is -2.49. The summed E-state index contributed by atoms with van der Waals surface area (Å²) >= 11 is 0. The molecular weight excluding hydrogens is 503 g/mol. The van der Waals surface area contributed by atoms with Gasteiger partial charge in [0.05, 0.1) is 11.6 Å². The number of carbonyl (C=O) groups excluding carboxylic acids is 1. The summed E-state index contributed by atoms with van der Waals surface area (Å²) in [5.41, 5.74) is 5.92. The summed E-state index contributed by atoms with van der Waals surface area (Å²) in [7, 11) is 3.86. The maximum absolute atomic E-state index is 13.0. The van der Waals surface area contributed by atoms with Gasteiger partial charge in [-0.15, -0.1) is 5.10 Å². The summed E-state index contributed by atoms with van der Waals surface area (Å²) in [4.78, 5) is 26.0. The lowest BCUT2D eigenvalue weighted by atomic mass is 10.0. The molecule has 4 aromatic rings. The van der Waals surface area contributed by atoms with E-state index < -0.39 is 12.1 Å². The summed E-state index contributed by atoms with van der Waals surface area (Å²) in [6.45, 7) is 4.09. The van der Waals surface area contributed by atoms with Crippen LogP contribution < -0.4 is 0 Å². The second kappa shape index (κ2) is 10.6. The number of hydrogen-bond donors (Lipinski definition) is 1. The zero-order valence-corrected chi connectivity index (χ0v) is 20.9. The number of amides is 1. The number of carbonyl (C=O) groups is 2. The van der Waals surface area contributed by atoms with Gasteiger partial charge in [-0.05, 0) is 31.7 Å². The molecule has 0 radical (unpaired) electrons. The highest BCUT2D eigenvalue weighted by atomic mass is 19.4. The molecule has 1 fully saturated rings. The highest BCUT2D eigenvalue weighted by molar-refractivity contribution is 5.92. The molecule has 0 spiro atoms. The van der Waals surface area contributed by atoms with E-state index >= 15 is 0 Å². The Kier molecular flexibility index (Phi) is 7.49. The van der Waals surface area contributed by atoms with Gasteiger partial charge >= 0.3 is 12.1 Å². The number of alkyl halides is 3. The SMILES string of the molecule is Cc1ccc(-c2ccc3c(C4CN(C(=O)c5ccnn5C)CCN4C)nnn3c2)cc1.O=C(O)C(F)(F)F. The van der Waals surface area contributed by atoms with Crippen molar-refractivity contribution in [1.82, 2.24) is 34.4 Å². The number of carboxylic acids is 1. The first-order valence-corrected chi connectivity index (χ1v) is 11.7. The molecule has 1 aromatic carbocycles. The summed E-state index contributed by atoms with van der Waals surface area (Å²) < 4.78 is 35.2. The first kappa shape index (κ1) is 26.8. The molecule has 200 valence electrons. The molecule has 38 heavy (non-hydrogen) atoms. The maximum atomic E-state index is 13.0. The number of likely N-dealkylation sites (N-methyl/N-ethyl adjacent to an activating group) is 1. The largest absolute Gasteiger partial charge is 0.490 e. The Labute approximate surface area is 215 Å². The van der Waals surface area contributed by atoms with Crippen molar-refractivity contribution in [2.24, 2.45) is 7.05 Å². The van der Waals surface area contributed by atoms with Gasteiger partial charge in [0.2, 0.25) is 0 Å². The number of piperazine rings is 1. The second-order valence-electron chi connectivity index (χ2n) is 8.98. The van der Waals surface area contributed by atoms with Crippen LogP contribution in [0, 0.1) is 6.92 Å². The minimum absolute atomic E-state index is 0.00349. The molecule has 0 bridgehead atoms. The smallest absolute Gasteiger partial charge is 0.475 e. The third kappa shape index (κ3) is 5.67. The summed E-state index contributed by atoms with van der Waals surface area (Å²) in [5.74, 6) is -2.76. The Balaban J connectivity index is 0.000000426. The van der Waals surface area contributed by atoms with Crippen molar-refractivity contribution in [3.8, 4) is 11.1 Å². The first-order chi connectivity index (χ1) is 18.0. The number of rotatable bonds is 3. The highest BCUT2D eigenvalue weighted by Gasteiger charge is 2.38. The number of aliphatic carboxylic acids is 1. The number of aryl methyl sites for hydroxylation is 2. The lowest BCUT2D eigenvalue weighted by molar-refractivity contribution is -0.192. The Hall–Kier alpha value is -4.26. The Bertz CT molecular complexity index is 1450. The third-order valence-electron chi connectivity index (χ3n) is 6.36. The predicted octanol–water partition coefficient (Wildman–Crippen LogP) is 3.20. The Morgan fingerprint density at radius 2 is 1.66 bits per heavy atom. The van der Waals surface area contributed by atoms with E-state index in [0.717, 1.165) is 28.9 Å². The van der Waals surface area contributed by atoms with Crippen LogP contribution in [0.5, 0.6) is 0 Å². The van der Waals surface area contributed by atoms with Gasteiger partial charge in [-0.2, -0.15) is 18.3 Å². The molecule has 0 saturated carbocycles. The van der Waals surface area contributed by atoms with Crippen molar-refractivity contribution in [3.05, 3.63) is 71.8 Å². The van der Waals surface area contributed by atoms with Crippen LogP contribution in [0.15, 0.2) is 54.9 Å². The topological polar surface area (TPSA) is 109 Å². The minimum atomic E-state index is -5.08. The molecule has 0 aliphatic carbocycles. The Morgan fingerprint density at radius 3 is 2.26 bits per heavy atom. The van der Waals surface area contributed by atoms with Crippen LogP contribution in [0.1, 0.15) is 27.8 Å². The van der Waals surface area contributed by atoms with Crippen molar-refractivity contribution >= 4 is 17.4 Å². The fourth-order valence-electron chi connectivity index (χ4n) is 4.17. The van der Waals surface area contributed by atoms with Gasteiger partial charge in [0.15, 0.2) is 0 Å². The molecule has 3 aromatic heterocycles. The summed E-state index contributed by atoms with van der Waals surface area (Å²) in [6.07, 6.45) is -1.42. The summed E-state index contributed by atoms with van der Waals surface area (Å²) in [6, 6.07) is 14.4. The average Bonchev–Trinajstić information content (AvgIpc) is 3.50. The van der Waals surface area contributed by atoms with Crippen molar-refractivity contribution in [1.29, 1.82) is 0 Å². The van der Waals surface area contributed by atoms with E-state index in [9.17, 15) is 18.0 Å². The second-order valence-corrected chi connectivity index (χ2v) is 8.98. The van der Waals surface area contributed by atoms with Crippen LogP contribution in [0.4, 0.5) is 13.2 Å². The number of pyridine rings is 1. The van der Waals surface area contributed by atoms with Gasteiger partial charge < -0.3 is 10.0 Å². The fraction of sp³-hybridized carbons (Fsp3) is 0.320. The van der Waals surface area contributed by atoms with E-state index in [1.807, 2.05) is 15.6 Å². The maximum Gasteiger partial charge on any atom is 0.490 e. The van der Waals surface area contributed by atoms with Gasteiger partial charge in [0, 0.05) is 44.6 Å². The number of benzene rings is 1. The van der Waals surface area contributed by atoms with Crippen molar-refractivity contribution < 1.29 is 27.9 Å². The molecule has 1 aliphatic rings. The number of halogens is 3. The molecule has 1 aliphatic heterocycles. The van der Waals surface area contributed by atoms with Crippen molar-refractivity contribution in [2.75, 3.05) is 26.7 Å². The quantitative estimate of drug-likeness (QED) is 0.434. The van der Waals surface area contributed by atoms with Gasteiger partial charge in [0.25, 0.3) is 5.91 Å². The molecule has 1 atom stereocenters. The minimum Gasteiger partial charge on any atom is -0.475 e. The normalized spacial score (nSPS) is 16.3. The zero-order chi connectivity index (χ0) is 27.6. The predicted molar refractivity (Wildman–Crippen MR) is 131 cm³/mol. The van der Waals surface area contributed by atoms with E-state index in [4.69, 9.17) is 9.90 Å². The van der Waals surface area contributed by atoms with Crippen LogP contribution in [-0.2, 0) is 11.8 Å².